The van der Waals surface area contributed by atoms with Crippen LogP contribution in [-0.2, 0) is 11.3 Å². The van der Waals surface area contributed by atoms with Crippen molar-refractivity contribution in [3.63, 3.8) is 0 Å². The molecular formula is C14H24N2O. The van der Waals surface area contributed by atoms with Crippen molar-refractivity contribution in [1.82, 2.24) is 10.3 Å². The monoisotopic (exact) mass is 236 g/mol. The van der Waals surface area contributed by atoms with Gasteiger partial charge >= 0.3 is 0 Å². The number of pyridine rings is 1. The molecule has 1 aromatic rings. The lowest BCUT2D eigenvalue weighted by Gasteiger charge is -2.07. The Labute approximate surface area is 105 Å². The fraction of sp³-hybridized carbons (Fsp3) is 0.643. The molecule has 96 valence electrons. The first-order valence-corrected chi connectivity index (χ1v) is 6.38. The predicted molar refractivity (Wildman–Crippen MR) is 71.0 cm³/mol. The SMILES string of the molecule is Cc1ccc(CNCCOCCC(C)C)cn1. The van der Waals surface area contributed by atoms with Crippen molar-refractivity contribution in [3.8, 4) is 0 Å². The summed E-state index contributed by atoms with van der Waals surface area (Å²) in [5, 5.41) is 3.34. The first-order chi connectivity index (χ1) is 8.18. The maximum Gasteiger partial charge on any atom is 0.0591 e. The molecule has 0 bridgehead atoms. The Bertz CT molecular complexity index is 296. The Balaban J connectivity index is 1.99. The molecule has 1 rings (SSSR count). The molecule has 1 heterocycles. The lowest BCUT2D eigenvalue weighted by atomic mass is 10.1. The lowest BCUT2D eigenvalue weighted by Crippen LogP contribution is -2.19. The normalized spacial score (nSPS) is 11.1. The van der Waals surface area contributed by atoms with Gasteiger partial charge in [-0.05, 0) is 30.9 Å². The molecular weight excluding hydrogens is 212 g/mol. The van der Waals surface area contributed by atoms with Gasteiger partial charge < -0.3 is 10.1 Å². The van der Waals surface area contributed by atoms with Crippen molar-refractivity contribution in [2.45, 2.75) is 33.7 Å². The molecule has 0 aliphatic carbocycles. The van der Waals surface area contributed by atoms with Crippen LogP contribution in [0.25, 0.3) is 0 Å². The van der Waals surface area contributed by atoms with Crippen LogP contribution in [0.1, 0.15) is 31.5 Å². The van der Waals surface area contributed by atoms with Crippen molar-refractivity contribution in [3.05, 3.63) is 29.6 Å². The van der Waals surface area contributed by atoms with E-state index in [1.165, 1.54) is 5.56 Å². The highest BCUT2D eigenvalue weighted by atomic mass is 16.5. The van der Waals surface area contributed by atoms with Gasteiger partial charge in [0.1, 0.15) is 0 Å². The number of rotatable bonds is 8. The quantitative estimate of drug-likeness (QED) is 0.704. The number of hydrogen-bond acceptors (Lipinski definition) is 3. The maximum absolute atomic E-state index is 5.52. The van der Waals surface area contributed by atoms with Crippen LogP contribution in [0, 0.1) is 12.8 Å². The van der Waals surface area contributed by atoms with Gasteiger partial charge in [-0.2, -0.15) is 0 Å². The highest BCUT2D eigenvalue weighted by molar-refractivity contribution is 5.12. The number of nitrogens with zero attached hydrogens (tertiary/aromatic N) is 1. The van der Waals surface area contributed by atoms with E-state index in [2.05, 4.69) is 30.2 Å². The van der Waals surface area contributed by atoms with Crippen LogP contribution in [0.2, 0.25) is 0 Å². The summed E-state index contributed by atoms with van der Waals surface area (Å²) in [5.74, 6) is 0.724. The molecule has 0 aliphatic heterocycles. The number of aryl methyl sites for hydroxylation is 1. The standard InChI is InChI=1S/C14H24N2O/c1-12(2)6-8-17-9-7-15-10-14-5-4-13(3)16-11-14/h4-5,11-12,15H,6-10H2,1-3H3. The molecule has 0 aromatic carbocycles. The fourth-order valence-electron chi connectivity index (χ4n) is 1.40. The third-order valence-corrected chi connectivity index (χ3v) is 2.56. The molecule has 17 heavy (non-hydrogen) atoms. The smallest absolute Gasteiger partial charge is 0.0591 e. The maximum atomic E-state index is 5.52. The first kappa shape index (κ1) is 14.1. The second-order valence-corrected chi connectivity index (χ2v) is 4.78. The summed E-state index contributed by atoms with van der Waals surface area (Å²) in [6, 6.07) is 4.14. The molecule has 0 radical (unpaired) electrons. The number of aromatic nitrogens is 1. The number of nitrogens with one attached hydrogen (secondary N) is 1. The summed E-state index contributed by atoms with van der Waals surface area (Å²) in [7, 11) is 0. The molecule has 0 amide bonds. The Morgan fingerprint density at radius 2 is 2.12 bits per heavy atom. The molecule has 0 unspecified atom stereocenters. The van der Waals surface area contributed by atoms with E-state index < -0.39 is 0 Å². The van der Waals surface area contributed by atoms with Crippen LogP contribution >= 0.6 is 0 Å². The van der Waals surface area contributed by atoms with E-state index >= 15 is 0 Å². The largest absolute Gasteiger partial charge is 0.380 e. The zero-order valence-corrected chi connectivity index (χ0v) is 11.2. The van der Waals surface area contributed by atoms with Crippen molar-refractivity contribution in [2.24, 2.45) is 5.92 Å². The van der Waals surface area contributed by atoms with Gasteiger partial charge in [-0.1, -0.05) is 19.9 Å². The summed E-state index contributed by atoms with van der Waals surface area (Å²) in [4.78, 5) is 4.26. The molecule has 0 fully saturated rings. The first-order valence-electron chi connectivity index (χ1n) is 6.38. The Morgan fingerprint density at radius 3 is 2.76 bits per heavy atom. The van der Waals surface area contributed by atoms with Gasteiger partial charge in [0, 0.05) is 31.6 Å². The molecule has 3 nitrogen and oxygen atoms in total. The summed E-state index contributed by atoms with van der Waals surface area (Å²) in [6.07, 6.45) is 3.06. The van der Waals surface area contributed by atoms with Gasteiger partial charge in [0.05, 0.1) is 6.61 Å². The van der Waals surface area contributed by atoms with Gasteiger partial charge in [0.2, 0.25) is 0 Å². The minimum atomic E-state index is 0.724. The van der Waals surface area contributed by atoms with E-state index in [1.54, 1.807) is 0 Å². The number of ether oxygens (including phenoxy) is 1. The van der Waals surface area contributed by atoms with Gasteiger partial charge in [-0.25, -0.2) is 0 Å². The summed E-state index contributed by atoms with van der Waals surface area (Å²) < 4.78 is 5.52. The van der Waals surface area contributed by atoms with Crippen molar-refractivity contribution >= 4 is 0 Å². The Kier molecular flexibility index (Phi) is 6.82. The third kappa shape index (κ3) is 7.08. The van der Waals surface area contributed by atoms with Gasteiger partial charge in [-0.15, -0.1) is 0 Å². The van der Waals surface area contributed by atoms with Crippen molar-refractivity contribution in [2.75, 3.05) is 19.8 Å². The lowest BCUT2D eigenvalue weighted by molar-refractivity contribution is 0.125. The number of hydrogen-bond donors (Lipinski definition) is 1. The minimum Gasteiger partial charge on any atom is -0.380 e. The molecule has 0 aliphatic rings. The molecule has 0 spiro atoms. The minimum absolute atomic E-state index is 0.724. The van der Waals surface area contributed by atoms with Crippen molar-refractivity contribution in [1.29, 1.82) is 0 Å². The van der Waals surface area contributed by atoms with Crippen LogP contribution in [0.5, 0.6) is 0 Å². The Morgan fingerprint density at radius 1 is 1.29 bits per heavy atom. The van der Waals surface area contributed by atoms with E-state index in [0.29, 0.717) is 0 Å². The van der Waals surface area contributed by atoms with Crippen LogP contribution < -0.4 is 5.32 Å². The van der Waals surface area contributed by atoms with Crippen LogP contribution in [-0.4, -0.2) is 24.7 Å². The highest BCUT2D eigenvalue weighted by Gasteiger charge is 1.95. The molecule has 0 saturated carbocycles. The summed E-state index contributed by atoms with van der Waals surface area (Å²) in [6.45, 7) is 9.84. The molecule has 3 heteroatoms. The topological polar surface area (TPSA) is 34.1 Å². The van der Waals surface area contributed by atoms with E-state index in [4.69, 9.17) is 4.74 Å². The van der Waals surface area contributed by atoms with Gasteiger partial charge in [0.25, 0.3) is 0 Å². The zero-order chi connectivity index (χ0) is 12.5. The van der Waals surface area contributed by atoms with E-state index in [0.717, 1.165) is 44.3 Å². The van der Waals surface area contributed by atoms with Crippen LogP contribution in [0.4, 0.5) is 0 Å². The summed E-state index contributed by atoms with van der Waals surface area (Å²) >= 11 is 0. The average Bonchev–Trinajstić information content (AvgIpc) is 2.30. The summed E-state index contributed by atoms with van der Waals surface area (Å²) in [5.41, 5.74) is 2.28. The van der Waals surface area contributed by atoms with Crippen molar-refractivity contribution < 1.29 is 4.74 Å². The van der Waals surface area contributed by atoms with E-state index in [1.807, 2.05) is 19.2 Å². The molecule has 1 aromatic heterocycles. The average molecular weight is 236 g/mol. The predicted octanol–water partition coefficient (Wildman–Crippen LogP) is 2.54. The fourth-order valence-corrected chi connectivity index (χ4v) is 1.40. The highest BCUT2D eigenvalue weighted by Crippen LogP contribution is 1.99. The third-order valence-electron chi connectivity index (χ3n) is 2.56. The molecule has 0 saturated heterocycles. The second kappa shape index (κ2) is 8.20. The molecule has 0 atom stereocenters. The van der Waals surface area contributed by atoms with Gasteiger partial charge in [-0.3, -0.25) is 4.98 Å². The molecule has 1 N–H and O–H groups in total. The van der Waals surface area contributed by atoms with Crippen LogP contribution in [0.15, 0.2) is 18.3 Å². The van der Waals surface area contributed by atoms with E-state index in [-0.39, 0.29) is 0 Å². The second-order valence-electron chi connectivity index (χ2n) is 4.78. The Hall–Kier alpha value is -0.930. The van der Waals surface area contributed by atoms with Crippen LogP contribution in [0.3, 0.4) is 0 Å². The van der Waals surface area contributed by atoms with E-state index in [9.17, 15) is 0 Å². The zero-order valence-electron chi connectivity index (χ0n) is 11.2. The van der Waals surface area contributed by atoms with Gasteiger partial charge in [0.15, 0.2) is 0 Å².